The van der Waals surface area contributed by atoms with E-state index < -0.39 is 10.0 Å². The number of benzene rings is 2. The maximum Gasteiger partial charge on any atom is 0.261 e. The van der Waals surface area contributed by atoms with Gasteiger partial charge < -0.3 is 4.90 Å². The quantitative estimate of drug-likeness (QED) is 0.855. The number of hydrogen-bond donors (Lipinski definition) is 1. The fraction of sp³-hybridized carbons (Fsp3) is 0.381. The summed E-state index contributed by atoms with van der Waals surface area (Å²) in [7, 11) is -3.63. The summed E-state index contributed by atoms with van der Waals surface area (Å²) in [5, 5.41) is 0. The van der Waals surface area contributed by atoms with Crippen LogP contribution in [0, 0.1) is 0 Å². The molecule has 2 aromatic carbocycles. The molecule has 4 rings (SSSR count). The van der Waals surface area contributed by atoms with Gasteiger partial charge in [-0.1, -0.05) is 25.5 Å². The van der Waals surface area contributed by atoms with Crippen molar-refractivity contribution in [2.75, 3.05) is 16.2 Å². The number of aryl methyl sites for hydroxylation is 3. The van der Waals surface area contributed by atoms with E-state index in [2.05, 4.69) is 11.6 Å². The molecule has 142 valence electrons. The van der Waals surface area contributed by atoms with Gasteiger partial charge in [0.15, 0.2) is 0 Å². The molecular weight excluding hydrogens is 360 g/mol. The highest BCUT2D eigenvalue weighted by atomic mass is 32.2. The highest BCUT2D eigenvalue weighted by molar-refractivity contribution is 7.92. The normalized spacial score (nSPS) is 16.2. The van der Waals surface area contributed by atoms with E-state index in [1.54, 1.807) is 12.1 Å². The molecule has 2 aliphatic heterocycles. The largest absolute Gasteiger partial charge is 0.312 e. The van der Waals surface area contributed by atoms with Crippen LogP contribution in [0.3, 0.4) is 0 Å². The summed E-state index contributed by atoms with van der Waals surface area (Å²) in [4.78, 5) is 14.3. The van der Waals surface area contributed by atoms with Crippen molar-refractivity contribution in [1.82, 2.24) is 0 Å². The second-order valence-corrected chi connectivity index (χ2v) is 8.97. The second-order valence-electron chi connectivity index (χ2n) is 7.29. The van der Waals surface area contributed by atoms with Crippen LogP contribution < -0.4 is 9.62 Å². The second kappa shape index (κ2) is 7.00. The Labute approximate surface area is 160 Å². The van der Waals surface area contributed by atoms with E-state index in [1.165, 1.54) is 0 Å². The lowest BCUT2D eigenvalue weighted by atomic mass is 9.91. The van der Waals surface area contributed by atoms with E-state index >= 15 is 0 Å². The third kappa shape index (κ3) is 3.46. The molecule has 1 N–H and O–H groups in total. The summed E-state index contributed by atoms with van der Waals surface area (Å²) in [5.41, 5.74) is 4.84. The third-order valence-electron chi connectivity index (χ3n) is 5.30. The third-order valence-corrected chi connectivity index (χ3v) is 6.70. The van der Waals surface area contributed by atoms with Crippen molar-refractivity contribution in [3.05, 3.63) is 53.1 Å². The zero-order valence-electron chi connectivity index (χ0n) is 15.5. The summed E-state index contributed by atoms with van der Waals surface area (Å²) in [6.07, 6.45) is 4.90. The molecule has 0 unspecified atom stereocenters. The molecule has 6 heteroatoms. The molecule has 27 heavy (non-hydrogen) atoms. The van der Waals surface area contributed by atoms with Crippen LogP contribution in [0.15, 0.2) is 41.3 Å². The molecule has 0 saturated heterocycles. The Kier molecular flexibility index (Phi) is 4.68. The molecular formula is C21H24N2O3S. The standard InChI is InChI=1S/C21H24N2O3S/c1-2-4-15-6-9-19(10-7-15)27(25,26)22-18-13-16-5-3-12-23-20(24)11-8-17(14-18)21(16)23/h6-7,9-10,13-14,22H,2-5,8,11-12H2,1H3. The minimum Gasteiger partial charge on any atom is -0.312 e. The Morgan fingerprint density at radius 2 is 1.74 bits per heavy atom. The Morgan fingerprint density at radius 1 is 1.04 bits per heavy atom. The number of rotatable bonds is 5. The average molecular weight is 385 g/mol. The van der Waals surface area contributed by atoms with Crippen molar-refractivity contribution >= 4 is 27.3 Å². The summed E-state index contributed by atoms with van der Waals surface area (Å²) in [6.45, 7) is 2.86. The Bertz CT molecular complexity index is 964. The summed E-state index contributed by atoms with van der Waals surface area (Å²) < 4.78 is 28.3. The van der Waals surface area contributed by atoms with Gasteiger partial charge in [-0.3, -0.25) is 9.52 Å². The highest BCUT2D eigenvalue weighted by Gasteiger charge is 2.30. The first-order valence-corrected chi connectivity index (χ1v) is 11.0. The van der Waals surface area contributed by atoms with Crippen molar-refractivity contribution in [2.45, 2.75) is 50.3 Å². The lowest BCUT2D eigenvalue weighted by molar-refractivity contribution is -0.119. The van der Waals surface area contributed by atoms with Crippen LogP contribution in [0.2, 0.25) is 0 Å². The van der Waals surface area contributed by atoms with Gasteiger partial charge in [0.05, 0.1) is 10.6 Å². The molecule has 2 aliphatic rings. The predicted molar refractivity (Wildman–Crippen MR) is 107 cm³/mol. The van der Waals surface area contributed by atoms with E-state index in [1.807, 2.05) is 29.2 Å². The van der Waals surface area contributed by atoms with Gasteiger partial charge in [-0.05, 0) is 66.6 Å². The van der Waals surface area contributed by atoms with Crippen LogP contribution in [0.1, 0.15) is 42.9 Å². The fourth-order valence-electron chi connectivity index (χ4n) is 4.05. The number of nitrogens with zero attached hydrogens (tertiary/aromatic N) is 1. The molecule has 0 spiro atoms. The molecule has 0 radical (unpaired) electrons. The molecule has 1 amide bonds. The summed E-state index contributed by atoms with van der Waals surface area (Å²) in [5.74, 6) is 0.170. The van der Waals surface area contributed by atoms with Crippen molar-refractivity contribution in [3.63, 3.8) is 0 Å². The van der Waals surface area contributed by atoms with Gasteiger partial charge in [0, 0.05) is 18.7 Å². The van der Waals surface area contributed by atoms with Crippen LogP contribution >= 0.6 is 0 Å². The monoisotopic (exact) mass is 384 g/mol. The van der Waals surface area contributed by atoms with Gasteiger partial charge in [-0.25, -0.2) is 8.42 Å². The maximum atomic E-state index is 12.8. The van der Waals surface area contributed by atoms with Gasteiger partial charge >= 0.3 is 0 Å². The van der Waals surface area contributed by atoms with Crippen LogP contribution in [-0.2, 0) is 34.1 Å². The zero-order valence-corrected chi connectivity index (χ0v) is 16.3. The van der Waals surface area contributed by atoms with Crippen molar-refractivity contribution in [1.29, 1.82) is 0 Å². The van der Waals surface area contributed by atoms with Crippen LogP contribution in [-0.4, -0.2) is 20.9 Å². The highest BCUT2D eigenvalue weighted by Crippen LogP contribution is 2.38. The van der Waals surface area contributed by atoms with E-state index in [-0.39, 0.29) is 10.8 Å². The van der Waals surface area contributed by atoms with E-state index in [0.717, 1.165) is 54.6 Å². The molecule has 0 bridgehead atoms. The first-order chi connectivity index (χ1) is 13.0. The SMILES string of the molecule is CCCc1ccc(S(=O)(=O)Nc2cc3c4c(c2)CCC(=O)N4CCC3)cc1. The molecule has 0 atom stereocenters. The lowest BCUT2D eigenvalue weighted by Crippen LogP contribution is -2.39. The number of carbonyl (C=O) groups excluding carboxylic acids is 1. The topological polar surface area (TPSA) is 66.5 Å². The van der Waals surface area contributed by atoms with Gasteiger partial charge in [0.1, 0.15) is 0 Å². The van der Waals surface area contributed by atoms with Crippen LogP contribution in [0.4, 0.5) is 11.4 Å². The molecule has 0 aliphatic carbocycles. The number of amides is 1. The minimum atomic E-state index is -3.63. The van der Waals surface area contributed by atoms with E-state index in [9.17, 15) is 13.2 Å². The molecule has 2 heterocycles. The van der Waals surface area contributed by atoms with Crippen LogP contribution in [0.5, 0.6) is 0 Å². The average Bonchev–Trinajstić information content (AvgIpc) is 2.65. The molecule has 0 fully saturated rings. The van der Waals surface area contributed by atoms with Crippen molar-refractivity contribution in [3.8, 4) is 0 Å². The number of hydrogen-bond acceptors (Lipinski definition) is 3. The number of sulfonamides is 1. The van der Waals surface area contributed by atoms with Gasteiger partial charge in [-0.15, -0.1) is 0 Å². The van der Waals surface area contributed by atoms with Crippen molar-refractivity contribution in [2.24, 2.45) is 0 Å². The van der Waals surface area contributed by atoms with E-state index in [0.29, 0.717) is 18.5 Å². The fourth-order valence-corrected chi connectivity index (χ4v) is 5.09. The predicted octanol–water partition coefficient (Wildman–Crippen LogP) is 3.67. The Hall–Kier alpha value is -2.34. The maximum absolute atomic E-state index is 12.8. The number of carbonyl (C=O) groups is 1. The van der Waals surface area contributed by atoms with Crippen LogP contribution in [0.25, 0.3) is 0 Å². The Morgan fingerprint density at radius 3 is 2.44 bits per heavy atom. The number of nitrogens with one attached hydrogen (secondary N) is 1. The van der Waals surface area contributed by atoms with Crippen molar-refractivity contribution < 1.29 is 13.2 Å². The minimum absolute atomic E-state index is 0.170. The Balaban J connectivity index is 1.64. The molecule has 0 saturated carbocycles. The zero-order chi connectivity index (χ0) is 19.0. The number of anilines is 2. The molecule has 0 aromatic heterocycles. The molecule has 5 nitrogen and oxygen atoms in total. The van der Waals surface area contributed by atoms with Gasteiger partial charge in [0.25, 0.3) is 10.0 Å². The summed E-state index contributed by atoms with van der Waals surface area (Å²) >= 11 is 0. The lowest BCUT2D eigenvalue weighted by Gasteiger charge is -2.35. The first-order valence-electron chi connectivity index (χ1n) is 9.56. The van der Waals surface area contributed by atoms with Gasteiger partial charge in [0.2, 0.25) is 5.91 Å². The van der Waals surface area contributed by atoms with Gasteiger partial charge in [-0.2, -0.15) is 0 Å². The first kappa shape index (κ1) is 18.0. The smallest absolute Gasteiger partial charge is 0.261 e. The molecule has 2 aromatic rings. The summed E-state index contributed by atoms with van der Waals surface area (Å²) in [6, 6.07) is 10.8. The van der Waals surface area contributed by atoms with E-state index in [4.69, 9.17) is 0 Å².